The van der Waals surface area contributed by atoms with Gasteiger partial charge in [0.05, 0.1) is 0 Å². The third-order valence-corrected chi connectivity index (χ3v) is 2.66. The molecule has 0 saturated carbocycles. The van der Waals surface area contributed by atoms with Crippen LogP contribution < -0.4 is 5.32 Å². The maximum atomic E-state index is 11.3. The first kappa shape index (κ1) is 11.2. The molecule has 1 amide bonds. The van der Waals surface area contributed by atoms with E-state index in [9.17, 15) is 4.79 Å². The summed E-state index contributed by atoms with van der Waals surface area (Å²) < 4.78 is 0. The molecule has 0 aromatic carbocycles. The summed E-state index contributed by atoms with van der Waals surface area (Å²) in [7, 11) is 0. The minimum atomic E-state index is 0.00620. The van der Waals surface area contributed by atoms with Crippen molar-refractivity contribution in [3.63, 3.8) is 0 Å². The number of nitrogens with one attached hydrogen (secondary N) is 1. The molecule has 0 aromatic rings. The molecule has 0 unspecified atom stereocenters. The molecule has 0 radical (unpaired) electrons. The molecule has 0 aliphatic carbocycles. The molecule has 1 rings (SSSR count). The summed E-state index contributed by atoms with van der Waals surface area (Å²) >= 11 is 0. The lowest BCUT2D eigenvalue weighted by atomic mass is 10.2. The van der Waals surface area contributed by atoms with Gasteiger partial charge < -0.3 is 10.2 Å². The minimum Gasteiger partial charge on any atom is -0.351 e. The number of carbonyl (C=O) groups excluding carboxylic acids is 1. The third-order valence-electron chi connectivity index (χ3n) is 2.66. The van der Waals surface area contributed by atoms with Crippen molar-refractivity contribution >= 4 is 5.91 Å². The molecule has 0 aromatic heterocycles. The molecule has 80 valence electrons. The highest BCUT2D eigenvalue weighted by Crippen LogP contribution is 2.05. The predicted molar refractivity (Wildman–Crippen MR) is 58.1 cm³/mol. The van der Waals surface area contributed by atoms with Gasteiger partial charge in [-0.1, -0.05) is 13.5 Å². The zero-order chi connectivity index (χ0) is 10.4. The Kier molecular flexibility index (Phi) is 4.66. The van der Waals surface area contributed by atoms with Crippen LogP contribution in [0.15, 0.2) is 12.2 Å². The summed E-state index contributed by atoms with van der Waals surface area (Å²) in [4.78, 5) is 13.7. The molecule has 0 atom stereocenters. The van der Waals surface area contributed by atoms with Crippen LogP contribution in [0.1, 0.15) is 26.2 Å². The molecule has 0 bridgehead atoms. The first-order chi connectivity index (χ1) is 6.74. The van der Waals surface area contributed by atoms with Gasteiger partial charge in [-0.2, -0.15) is 0 Å². The summed E-state index contributed by atoms with van der Waals surface area (Å²) in [6.07, 6.45) is 3.33. The van der Waals surface area contributed by atoms with Gasteiger partial charge in [0.2, 0.25) is 5.91 Å². The molecule has 1 aliphatic heterocycles. The highest BCUT2D eigenvalue weighted by molar-refractivity contribution is 5.92. The maximum Gasteiger partial charge on any atom is 0.246 e. The Morgan fingerprint density at radius 2 is 2.07 bits per heavy atom. The minimum absolute atomic E-state index is 0.00620. The fourth-order valence-electron chi connectivity index (χ4n) is 1.62. The first-order valence-corrected chi connectivity index (χ1v) is 5.42. The van der Waals surface area contributed by atoms with Crippen LogP contribution in [0.3, 0.4) is 0 Å². The third kappa shape index (κ3) is 3.50. The van der Waals surface area contributed by atoms with Gasteiger partial charge in [0.1, 0.15) is 0 Å². The molecule has 3 nitrogen and oxygen atoms in total. The predicted octanol–water partition coefficient (Wildman–Crippen LogP) is 1.16. The van der Waals surface area contributed by atoms with Crippen LogP contribution in [0, 0.1) is 0 Å². The zero-order valence-corrected chi connectivity index (χ0v) is 9.01. The van der Waals surface area contributed by atoms with Crippen LogP contribution in [0.25, 0.3) is 0 Å². The molecular weight excluding hydrogens is 176 g/mol. The van der Waals surface area contributed by atoms with E-state index in [0.29, 0.717) is 5.57 Å². The Morgan fingerprint density at radius 1 is 1.43 bits per heavy atom. The second kappa shape index (κ2) is 5.81. The van der Waals surface area contributed by atoms with Crippen molar-refractivity contribution in [3.8, 4) is 0 Å². The normalized spacial score (nSPS) is 16.9. The van der Waals surface area contributed by atoms with Crippen LogP contribution in [-0.4, -0.2) is 37.0 Å². The van der Waals surface area contributed by atoms with Crippen molar-refractivity contribution in [3.05, 3.63) is 12.2 Å². The number of hydrogen-bond acceptors (Lipinski definition) is 2. The van der Waals surface area contributed by atoms with Crippen molar-refractivity contribution in [2.45, 2.75) is 26.2 Å². The van der Waals surface area contributed by atoms with Gasteiger partial charge in [-0.05, 0) is 32.4 Å². The van der Waals surface area contributed by atoms with Crippen molar-refractivity contribution < 1.29 is 4.79 Å². The second-order valence-electron chi connectivity index (χ2n) is 3.76. The lowest BCUT2D eigenvalue weighted by molar-refractivity contribution is -0.117. The topological polar surface area (TPSA) is 32.3 Å². The van der Waals surface area contributed by atoms with Crippen LogP contribution in [0.2, 0.25) is 0 Å². The molecule has 14 heavy (non-hydrogen) atoms. The monoisotopic (exact) mass is 196 g/mol. The van der Waals surface area contributed by atoms with Gasteiger partial charge in [0, 0.05) is 18.7 Å². The van der Waals surface area contributed by atoms with Crippen LogP contribution in [-0.2, 0) is 4.79 Å². The molecule has 1 N–H and O–H groups in total. The molecule has 1 fully saturated rings. The van der Waals surface area contributed by atoms with E-state index in [2.05, 4.69) is 16.8 Å². The van der Waals surface area contributed by atoms with Gasteiger partial charge in [-0.15, -0.1) is 0 Å². The van der Waals surface area contributed by atoms with Gasteiger partial charge in [-0.25, -0.2) is 0 Å². The molecule has 1 saturated heterocycles. The van der Waals surface area contributed by atoms with Gasteiger partial charge >= 0.3 is 0 Å². The molecule has 3 heteroatoms. The Bertz CT molecular complexity index is 207. The van der Waals surface area contributed by atoms with E-state index in [4.69, 9.17) is 0 Å². The van der Waals surface area contributed by atoms with Crippen molar-refractivity contribution in [1.29, 1.82) is 0 Å². The second-order valence-corrected chi connectivity index (χ2v) is 3.76. The summed E-state index contributed by atoms with van der Waals surface area (Å²) in [5.74, 6) is 0.00620. The molecule has 0 spiro atoms. The van der Waals surface area contributed by atoms with Crippen LogP contribution in [0.4, 0.5) is 0 Å². The zero-order valence-electron chi connectivity index (χ0n) is 9.01. The van der Waals surface area contributed by atoms with E-state index < -0.39 is 0 Å². The number of carbonyl (C=O) groups is 1. The lowest BCUT2D eigenvalue weighted by Gasteiger charge is -2.14. The number of nitrogens with zero attached hydrogens (tertiary/aromatic N) is 1. The number of amides is 1. The lowest BCUT2D eigenvalue weighted by Crippen LogP contribution is -2.33. The maximum absolute atomic E-state index is 11.3. The van der Waals surface area contributed by atoms with E-state index in [0.717, 1.165) is 19.5 Å². The molecule has 1 aliphatic rings. The highest BCUT2D eigenvalue weighted by Gasteiger charge is 2.11. The molecule has 1 heterocycles. The van der Waals surface area contributed by atoms with Crippen LogP contribution >= 0.6 is 0 Å². The molecular formula is C11H20N2O. The van der Waals surface area contributed by atoms with Crippen LogP contribution in [0.5, 0.6) is 0 Å². The average Bonchev–Trinajstić information content (AvgIpc) is 2.69. The number of rotatable bonds is 5. The van der Waals surface area contributed by atoms with E-state index in [1.807, 2.05) is 6.92 Å². The largest absolute Gasteiger partial charge is 0.351 e. The van der Waals surface area contributed by atoms with Gasteiger partial charge in [-0.3, -0.25) is 4.79 Å². The SMILES string of the molecule is C=C(CC)C(=O)NCCN1CCCC1. The fraction of sp³-hybridized carbons (Fsp3) is 0.727. The first-order valence-electron chi connectivity index (χ1n) is 5.42. The quantitative estimate of drug-likeness (QED) is 0.669. The van der Waals surface area contributed by atoms with Crippen molar-refractivity contribution in [2.24, 2.45) is 0 Å². The Morgan fingerprint density at radius 3 is 2.64 bits per heavy atom. The van der Waals surface area contributed by atoms with Gasteiger partial charge in [0.25, 0.3) is 0 Å². The summed E-state index contributed by atoms with van der Waals surface area (Å²) in [6.45, 7) is 9.74. The van der Waals surface area contributed by atoms with E-state index in [1.54, 1.807) is 0 Å². The van der Waals surface area contributed by atoms with E-state index >= 15 is 0 Å². The smallest absolute Gasteiger partial charge is 0.246 e. The standard InChI is InChI=1S/C11H20N2O/c1-3-10(2)11(14)12-6-9-13-7-4-5-8-13/h2-9H2,1H3,(H,12,14). The fourth-order valence-corrected chi connectivity index (χ4v) is 1.62. The summed E-state index contributed by atoms with van der Waals surface area (Å²) in [5.41, 5.74) is 0.673. The number of likely N-dealkylation sites (tertiary alicyclic amines) is 1. The summed E-state index contributed by atoms with van der Waals surface area (Å²) in [5, 5.41) is 2.88. The Balaban J connectivity index is 2.08. The Labute approximate surface area is 86.2 Å². The van der Waals surface area contributed by atoms with E-state index in [-0.39, 0.29) is 5.91 Å². The average molecular weight is 196 g/mol. The van der Waals surface area contributed by atoms with Crippen molar-refractivity contribution in [2.75, 3.05) is 26.2 Å². The highest BCUT2D eigenvalue weighted by atomic mass is 16.1. The number of hydrogen-bond donors (Lipinski definition) is 1. The summed E-state index contributed by atoms with van der Waals surface area (Å²) in [6, 6.07) is 0. The Hall–Kier alpha value is -0.830. The van der Waals surface area contributed by atoms with Crippen molar-refractivity contribution in [1.82, 2.24) is 10.2 Å². The van der Waals surface area contributed by atoms with E-state index in [1.165, 1.54) is 25.9 Å². The van der Waals surface area contributed by atoms with Gasteiger partial charge in [0.15, 0.2) is 0 Å².